The summed E-state index contributed by atoms with van der Waals surface area (Å²) in [6.45, 7) is 1.71. The molecule has 0 radical (unpaired) electrons. The Labute approximate surface area is 167 Å². The van der Waals surface area contributed by atoms with Crippen LogP contribution in [0.3, 0.4) is 0 Å². The molecule has 8 heteroatoms. The third-order valence-corrected chi connectivity index (χ3v) is 5.09. The van der Waals surface area contributed by atoms with Gasteiger partial charge in [0.2, 0.25) is 0 Å². The number of benzene rings is 2. The number of nitrogens with zero attached hydrogens (tertiary/aromatic N) is 1. The zero-order chi connectivity index (χ0) is 19.4. The van der Waals surface area contributed by atoms with Crippen LogP contribution in [0.5, 0.6) is 0 Å². The molecule has 1 aliphatic heterocycles. The van der Waals surface area contributed by atoms with Gasteiger partial charge >= 0.3 is 6.03 Å². The molecule has 0 unspecified atom stereocenters. The van der Waals surface area contributed by atoms with Gasteiger partial charge in [0, 0.05) is 18.8 Å². The van der Waals surface area contributed by atoms with E-state index >= 15 is 0 Å². The highest BCUT2D eigenvalue weighted by molar-refractivity contribution is 6.42. The molecule has 6 nitrogen and oxygen atoms in total. The molecule has 2 aromatic rings. The van der Waals surface area contributed by atoms with Crippen molar-refractivity contribution < 1.29 is 14.7 Å². The number of hydrogen-bond acceptors (Lipinski definition) is 4. The van der Waals surface area contributed by atoms with Gasteiger partial charge in [-0.1, -0.05) is 29.3 Å². The number of rotatable bonds is 4. The Morgan fingerprint density at radius 3 is 2.33 bits per heavy atom. The van der Waals surface area contributed by atoms with E-state index in [0.717, 1.165) is 38.0 Å². The third kappa shape index (κ3) is 4.84. The van der Waals surface area contributed by atoms with Gasteiger partial charge in [-0.2, -0.15) is 0 Å². The van der Waals surface area contributed by atoms with Crippen molar-refractivity contribution >= 4 is 52.3 Å². The van der Waals surface area contributed by atoms with Gasteiger partial charge in [-0.05, 0) is 55.2 Å². The maximum absolute atomic E-state index is 12.4. The van der Waals surface area contributed by atoms with E-state index < -0.39 is 12.0 Å². The van der Waals surface area contributed by atoms with Gasteiger partial charge in [0.25, 0.3) is 0 Å². The summed E-state index contributed by atoms with van der Waals surface area (Å²) in [6.07, 6.45) is 3.27. The fourth-order valence-electron chi connectivity index (χ4n) is 3.03. The largest absolute Gasteiger partial charge is 0.545 e. The summed E-state index contributed by atoms with van der Waals surface area (Å²) in [5, 5.41) is 17.3. The van der Waals surface area contributed by atoms with Crippen LogP contribution >= 0.6 is 23.2 Å². The Balaban J connectivity index is 1.82. The van der Waals surface area contributed by atoms with Gasteiger partial charge in [-0.15, -0.1) is 0 Å². The second-order valence-corrected chi connectivity index (χ2v) is 7.09. The molecule has 1 aliphatic rings. The van der Waals surface area contributed by atoms with Crippen LogP contribution in [0, 0.1) is 0 Å². The van der Waals surface area contributed by atoms with Crippen LogP contribution in [0.25, 0.3) is 0 Å². The SMILES string of the molecule is O=C(Nc1ccc(Cl)c(Cl)c1)Nc1cc(C(=O)[O-])ccc1N1CCCCC1. The van der Waals surface area contributed by atoms with Crippen LogP contribution in [-0.2, 0) is 0 Å². The summed E-state index contributed by atoms with van der Waals surface area (Å²) in [7, 11) is 0. The number of carbonyl (C=O) groups is 2. The van der Waals surface area contributed by atoms with E-state index in [1.165, 1.54) is 18.2 Å². The second kappa shape index (κ2) is 8.50. The minimum atomic E-state index is -1.30. The number of urea groups is 1. The lowest BCUT2D eigenvalue weighted by atomic mass is 10.1. The number of carbonyl (C=O) groups excluding carboxylic acids is 2. The molecular formula is C19H18Cl2N3O3-. The Bertz CT molecular complexity index is 867. The molecule has 0 saturated carbocycles. The van der Waals surface area contributed by atoms with E-state index in [1.54, 1.807) is 18.2 Å². The molecule has 1 heterocycles. The number of nitrogens with one attached hydrogen (secondary N) is 2. The molecule has 2 N–H and O–H groups in total. The number of anilines is 3. The fourth-order valence-corrected chi connectivity index (χ4v) is 3.33. The molecule has 0 aliphatic carbocycles. The van der Waals surface area contributed by atoms with E-state index in [2.05, 4.69) is 15.5 Å². The van der Waals surface area contributed by atoms with Crippen molar-refractivity contribution in [3.63, 3.8) is 0 Å². The quantitative estimate of drug-likeness (QED) is 0.803. The lowest BCUT2D eigenvalue weighted by Gasteiger charge is -2.31. The van der Waals surface area contributed by atoms with Gasteiger partial charge in [-0.3, -0.25) is 0 Å². The normalized spacial score (nSPS) is 13.9. The first-order valence-corrected chi connectivity index (χ1v) is 9.33. The second-order valence-electron chi connectivity index (χ2n) is 6.28. The smallest absolute Gasteiger partial charge is 0.323 e. The maximum Gasteiger partial charge on any atom is 0.323 e. The molecule has 0 aromatic heterocycles. The molecule has 1 saturated heterocycles. The molecule has 2 amide bonds. The monoisotopic (exact) mass is 406 g/mol. The molecule has 142 valence electrons. The number of carboxylic acids is 1. The molecule has 3 rings (SSSR count). The number of hydrogen-bond donors (Lipinski definition) is 2. The lowest BCUT2D eigenvalue weighted by Crippen LogP contribution is -2.31. The molecule has 0 atom stereocenters. The Hall–Kier alpha value is -2.44. The van der Waals surface area contributed by atoms with Crippen LogP contribution in [0.1, 0.15) is 29.6 Å². The first-order chi connectivity index (χ1) is 12.9. The Kier molecular flexibility index (Phi) is 6.08. The van der Waals surface area contributed by atoms with Crippen molar-refractivity contribution in [1.82, 2.24) is 0 Å². The summed E-state index contributed by atoms with van der Waals surface area (Å²) in [4.78, 5) is 25.8. The minimum Gasteiger partial charge on any atom is -0.545 e. The first kappa shape index (κ1) is 19.3. The van der Waals surface area contributed by atoms with Gasteiger partial charge in [0.15, 0.2) is 0 Å². The summed E-state index contributed by atoms with van der Waals surface area (Å²) in [5.41, 5.74) is 1.67. The number of piperidine rings is 1. The number of aromatic carboxylic acids is 1. The lowest BCUT2D eigenvalue weighted by molar-refractivity contribution is -0.255. The molecule has 1 fully saturated rings. The van der Waals surface area contributed by atoms with Crippen molar-refractivity contribution in [2.45, 2.75) is 19.3 Å². The van der Waals surface area contributed by atoms with Gasteiger partial charge < -0.3 is 25.4 Å². The molecular weight excluding hydrogens is 389 g/mol. The van der Waals surface area contributed by atoms with Gasteiger partial charge in [-0.25, -0.2) is 4.79 Å². The maximum atomic E-state index is 12.4. The summed E-state index contributed by atoms with van der Waals surface area (Å²) >= 11 is 11.8. The average Bonchev–Trinajstić information content (AvgIpc) is 2.65. The Morgan fingerprint density at radius 1 is 0.926 bits per heavy atom. The fraction of sp³-hybridized carbons (Fsp3) is 0.263. The van der Waals surface area contributed by atoms with Gasteiger partial charge in [0.1, 0.15) is 0 Å². The van der Waals surface area contributed by atoms with Crippen molar-refractivity contribution in [3.8, 4) is 0 Å². The van der Waals surface area contributed by atoms with E-state index in [4.69, 9.17) is 23.2 Å². The van der Waals surface area contributed by atoms with Crippen LogP contribution in [0.2, 0.25) is 10.0 Å². The third-order valence-electron chi connectivity index (χ3n) is 4.35. The van der Waals surface area contributed by atoms with Crippen LogP contribution in [0.4, 0.5) is 21.9 Å². The number of amides is 2. The number of carboxylic acid groups (broad SMARTS) is 1. The first-order valence-electron chi connectivity index (χ1n) is 8.57. The summed E-state index contributed by atoms with van der Waals surface area (Å²) in [5.74, 6) is -1.30. The zero-order valence-electron chi connectivity index (χ0n) is 14.4. The highest BCUT2D eigenvalue weighted by atomic mass is 35.5. The van der Waals surface area contributed by atoms with Crippen molar-refractivity contribution in [2.75, 3.05) is 28.6 Å². The molecule has 0 spiro atoms. The highest BCUT2D eigenvalue weighted by Crippen LogP contribution is 2.30. The standard InChI is InChI=1S/C19H19Cl2N3O3/c20-14-6-5-13(11-15(14)21)22-19(27)23-16-10-12(18(25)26)4-7-17(16)24-8-2-1-3-9-24/h4-7,10-11H,1-3,8-9H2,(H,25,26)(H2,22,23,27)/p-1. The number of halogens is 2. The molecule has 0 bridgehead atoms. The van der Waals surface area contributed by atoms with Crippen LogP contribution in [0.15, 0.2) is 36.4 Å². The summed E-state index contributed by atoms with van der Waals surface area (Å²) < 4.78 is 0. The van der Waals surface area contributed by atoms with Gasteiger partial charge in [0.05, 0.1) is 27.4 Å². The summed E-state index contributed by atoms with van der Waals surface area (Å²) in [6, 6.07) is 8.82. The molecule has 27 heavy (non-hydrogen) atoms. The predicted octanol–water partition coefficient (Wildman–Crippen LogP) is 3.99. The highest BCUT2D eigenvalue weighted by Gasteiger charge is 2.17. The Morgan fingerprint density at radius 2 is 1.67 bits per heavy atom. The van der Waals surface area contributed by atoms with Crippen LogP contribution in [-0.4, -0.2) is 25.1 Å². The van der Waals surface area contributed by atoms with Crippen molar-refractivity contribution in [1.29, 1.82) is 0 Å². The van der Waals surface area contributed by atoms with Crippen molar-refractivity contribution in [2.24, 2.45) is 0 Å². The van der Waals surface area contributed by atoms with Crippen LogP contribution < -0.4 is 20.6 Å². The zero-order valence-corrected chi connectivity index (χ0v) is 15.9. The van der Waals surface area contributed by atoms with E-state index in [-0.39, 0.29) is 5.56 Å². The van der Waals surface area contributed by atoms with E-state index in [0.29, 0.717) is 21.4 Å². The average molecular weight is 407 g/mol. The van der Waals surface area contributed by atoms with E-state index in [1.807, 2.05) is 0 Å². The van der Waals surface area contributed by atoms with Crippen molar-refractivity contribution in [3.05, 3.63) is 52.0 Å². The topological polar surface area (TPSA) is 84.5 Å². The predicted molar refractivity (Wildman–Crippen MR) is 106 cm³/mol. The molecule has 2 aromatic carbocycles. The minimum absolute atomic E-state index is 0.000553. The van der Waals surface area contributed by atoms with E-state index in [9.17, 15) is 14.7 Å².